The molecule has 0 heterocycles. The van der Waals surface area contributed by atoms with E-state index in [0.717, 1.165) is 82.5 Å². The van der Waals surface area contributed by atoms with Crippen molar-refractivity contribution in [2.75, 3.05) is 13.3 Å². The van der Waals surface area contributed by atoms with Crippen molar-refractivity contribution in [1.29, 1.82) is 10.5 Å². The molecule has 0 amide bonds. The number of benzene rings is 8. The van der Waals surface area contributed by atoms with Crippen molar-refractivity contribution in [2.24, 2.45) is 0 Å². The van der Waals surface area contributed by atoms with Gasteiger partial charge >= 0.3 is 0 Å². The summed E-state index contributed by atoms with van der Waals surface area (Å²) >= 11 is 0. The molecule has 8 aromatic rings. The van der Waals surface area contributed by atoms with E-state index in [1.165, 1.54) is 0 Å². The molecule has 0 radical (unpaired) electrons. The summed E-state index contributed by atoms with van der Waals surface area (Å²) in [6, 6.07) is 60.5. The summed E-state index contributed by atoms with van der Waals surface area (Å²) in [6.07, 6.45) is 0. The van der Waals surface area contributed by atoms with Crippen LogP contribution >= 0.6 is 7.14 Å². The number of rotatable bonds is 6. The zero-order chi connectivity index (χ0) is 35.8. The minimum absolute atomic E-state index is 0.636. The lowest BCUT2D eigenvalue weighted by Crippen LogP contribution is -2.02. The highest BCUT2D eigenvalue weighted by molar-refractivity contribution is 7.70. The van der Waals surface area contributed by atoms with Gasteiger partial charge in [-0.2, -0.15) is 10.5 Å². The van der Waals surface area contributed by atoms with Gasteiger partial charge in [0.05, 0.1) is 23.3 Å². The van der Waals surface area contributed by atoms with E-state index in [4.69, 9.17) is 0 Å². The van der Waals surface area contributed by atoms with Crippen LogP contribution in [0.15, 0.2) is 164 Å². The SMILES string of the molecule is CP(C)(=O)c1cccc(-c2ccc3c(-c4ccc(-c5cccc(C#N)c5)cc4)c4ccccc4c(-c4ccc(-c5cccc(C#N)c5)cc4)c3c2)c1. The molecule has 0 aliphatic heterocycles. The van der Waals surface area contributed by atoms with E-state index >= 15 is 0 Å². The Morgan fingerprint density at radius 1 is 0.385 bits per heavy atom. The molecular weight excluding hydrogens is 652 g/mol. The van der Waals surface area contributed by atoms with Gasteiger partial charge in [0.2, 0.25) is 0 Å². The molecule has 0 unspecified atom stereocenters. The highest BCUT2D eigenvalue weighted by atomic mass is 31.2. The van der Waals surface area contributed by atoms with Crippen molar-refractivity contribution in [1.82, 2.24) is 0 Å². The third-order valence-electron chi connectivity index (χ3n) is 9.82. The van der Waals surface area contributed by atoms with Crippen LogP contribution in [0, 0.1) is 22.7 Å². The summed E-state index contributed by atoms with van der Waals surface area (Å²) in [7, 11) is -2.45. The van der Waals surface area contributed by atoms with E-state index in [-0.39, 0.29) is 0 Å². The summed E-state index contributed by atoms with van der Waals surface area (Å²) in [4.78, 5) is 0. The number of nitriles is 2. The van der Waals surface area contributed by atoms with Crippen LogP contribution in [0.3, 0.4) is 0 Å². The van der Waals surface area contributed by atoms with Crippen molar-refractivity contribution in [3.8, 4) is 67.8 Å². The summed E-state index contributed by atoms with van der Waals surface area (Å²) in [5.74, 6) is 0. The van der Waals surface area contributed by atoms with Gasteiger partial charge in [-0.1, -0.05) is 127 Å². The van der Waals surface area contributed by atoms with Crippen molar-refractivity contribution in [3.63, 3.8) is 0 Å². The predicted octanol–water partition coefficient (Wildman–Crippen LogP) is 12.3. The van der Waals surface area contributed by atoms with Crippen LogP contribution in [0.25, 0.3) is 77.2 Å². The van der Waals surface area contributed by atoms with Gasteiger partial charge in [-0.25, -0.2) is 0 Å². The molecule has 0 aliphatic rings. The first-order valence-electron chi connectivity index (χ1n) is 17.2. The second-order valence-corrected chi connectivity index (χ2v) is 16.7. The molecule has 246 valence electrons. The monoisotopic (exact) mass is 684 g/mol. The van der Waals surface area contributed by atoms with Crippen LogP contribution < -0.4 is 5.30 Å². The van der Waals surface area contributed by atoms with Crippen molar-refractivity contribution >= 4 is 34.0 Å². The predicted molar refractivity (Wildman–Crippen MR) is 217 cm³/mol. The zero-order valence-electron chi connectivity index (χ0n) is 28.8. The standard InChI is InChI=1S/C48H33N2OP/c1-52(2,51)42-13-7-12-40(28-42)41-24-25-45-46(29-41)48(37-22-18-35(19-23-37)39-11-6-9-33(27-39)31-50)44-15-4-3-14-43(44)47(45)36-20-16-34(17-21-36)38-10-5-8-32(26-38)30-49/h3-29H,1-2H3. The van der Waals surface area contributed by atoms with Crippen molar-refractivity contribution < 1.29 is 4.57 Å². The molecule has 0 aliphatic carbocycles. The van der Waals surface area contributed by atoms with Gasteiger partial charge in [0, 0.05) is 5.30 Å². The van der Waals surface area contributed by atoms with Gasteiger partial charge in [-0.3, -0.25) is 0 Å². The molecular formula is C48H33N2OP. The number of fused-ring (bicyclic) bond motifs is 2. The summed E-state index contributed by atoms with van der Waals surface area (Å²) in [6.45, 7) is 3.63. The van der Waals surface area contributed by atoms with Gasteiger partial charge in [-0.15, -0.1) is 0 Å². The smallest absolute Gasteiger partial charge is 0.109 e. The lowest BCUT2D eigenvalue weighted by Gasteiger charge is -2.19. The molecule has 0 N–H and O–H groups in total. The zero-order valence-corrected chi connectivity index (χ0v) is 29.7. The van der Waals surface area contributed by atoms with Gasteiger partial charge < -0.3 is 4.57 Å². The Labute approximate surface area is 304 Å². The maximum absolute atomic E-state index is 13.1. The van der Waals surface area contributed by atoms with Gasteiger partial charge in [0.15, 0.2) is 0 Å². The van der Waals surface area contributed by atoms with Gasteiger partial charge in [-0.05, 0) is 127 Å². The molecule has 0 spiro atoms. The normalized spacial score (nSPS) is 11.3. The average Bonchev–Trinajstić information content (AvgIpc) is 3.19. The average molecular weight is 685 g/mol. The Morgan fingerprint density at radius 2 is 0.788 bits per heavy atom. The van der Waals surface area contributed by atoms with Crippen LogP contribution in [-0.4, -0.2) is 13.3 Å². The third kappa shape index (κ3) is 6.10. The Bertz CT molecular complexity index is 2800. The first-order valence-corrected chi connectivity index (χ1v) is 19.8. The van der Waals surface area contributed by atoms with E-state index in [9.17, 15) is 15.1 Å². The van der Waals surface area contributed by atoms with Gasteiger partial charge in [0.1, 0.15) is 7.14 Å². The van der Waals surface area contributed by atoms with Crippen LogP contribution in [0.2, 0.25) is 0 Å². The molecule has 0 bridgehead atoms. The maximum atomic E-state index is 13.1. The lowest BCUT2D eigenvalue weighted by atomic mass is 9.84. The fourth-order valence-electron chi connectivity index (χ4n) is 7.20. The number of nitrogens with zero attached hydrogens (tertiary/aromatic N) is 2. The second kappa shape index (κ2) is 13.3. The van der Waals surface area contributed by atoms with Crippen molar-refractivity contribution in [2.45, 2.75) is 0 Å². The molecule has 0 saturated heterocycles. The Kier molecular flexibility index (Phi) is 8.37. The number of hydrogen-bond acceptors (Lipinski definition) is 3. The van der Waals surface area contributed by atoms with Crippen molar-refractivity contribution in [3.05, 3.63) is 175 Å². The molecule has 0 fully saturated rings. The largest absolute Gasteiger partial charge is 0.319 e. The number of hydrogen-bond donors (Lipinski definition) is 0. The van der Waals surface area contributed by atoms with E-state index in [2.05, 4.69) is 115 Å². The lowest BCUT2D eigenvalue weighted by molar-refractivity contribution is 0.588. The van der Waals surface area contributed by atoms with Crippen LogP contribution in [0.5, 0.6) is 0 Å². The maximum Gasteiger partial charge on any atom is 0.109 e. The van der Waals surface area contributed by atoms with E-state index in [1.807, 2.05) is 74.0 Å². The van der Waals surface area contributed by atoms with Crippen LogP contribution in [0.1, 0.15) is 11.1 Å². The molecule has 52 heavy (non-hydrogen) atoms. The summed E-state index contributed by atoms with van der Waals surface area (Å²) < 4.78 is 13.1. The Morgan fingerprint density at radius 3 is 1.29 bits per heavy atom. The fourth-order valence-corrected chi connectivity index (χ4v) is 8.09. The molecule has 3 nitrogen and oxygen atoms in total. The fraction of sp³-hybridized carbons (Fsp3) is 0.0417. The highest BCUT2D eigenvalue weighted by Gasteiger charge is 2.19. The molecule has 0 aromatic heterocycles. The third-order valence-corrected chi connectivity index (χ3v) is 11.3. The van der Waals surface area contributed by atoms with E-state index in [0.29, 0.717) is 11.1 Å². The minimum atomic E-state index is -2.45. The van der Waals surface area contributed by atoms with Gasteiger partial charge in [0.25, 0.3) is 0 Å². The molecule has 0 atom stereocenters. The molecule has 4 heteroatoms. The summed E-state index contributed by atoms with van der Waals surface area (Å²) in [5.41, 5.74) is 12.0. The van der Waals surface area contributed by atoms with Crippen LogP contribution in [-0.2, 0) is 4.57 Å². The first-order chi connectivity index (χ1) is 25.3. The van der Waals surface area contributed by atoms with E-state index in [1.54, 1.807) is 0 Å². The minimum Gasteiger partial charge on any atom is -0.319 e. The second-order valence-electron chi connectivity index (χ2n) is 13.5. The molecule has 8 rings (SSSR count). The summed E-state index contributed by atoms with van der Waals surface area (Å²) in [5, 5.41) is 24.4. The molecule has 0 saturated carbocycles. The van der Waals surface area contributed by atoms with Crippen LogP contribution in [0.4, 0.5) is 0 Å². The molecule has 8 aromatic carbocycles. The van der Waals surface area contributed by atoms with E-state index < -0.39 is 7.14 Å². The Balaban J connectivity index is 1.36. The first kappa shape index (κ1) is 32.7. The Hall–Kier alpha value is -6.51. The topological polar surface area (TPSA) is 64.7 Å². The highest BCUT2D eigenvalue weighted by Crippen LogP contribution is 2.45. The quantitative estimate of drug-likeness (QED) is 0.129.